The minimum Gasteiger partial charge on any atom is -0.330 e. The molecule has 1 heterocycles. The SMILES string of the molecule is CCC(CCN)CNS(=O)(=O)N1CCCCCC1. The third kappa shape index (κ3) is 5.22. The van der Waals surface area contributed by atoms with Gasteiger partial charge in [0.15, 0.2) is 0 Å². The zero-order chi connectivity index (χ0) is 13.4. The lowest BCUT2D eigenvalue weighted by Gasteiger charge is -2.22. The van der Waals surface area contributed by atoms with Crippen LogP contribution in [-0.4, -0.2) is 38.9 Å². The molecule has 18 heavy (non-hydrogen) atoms. The molecule has 0 aromatic carbocycles. The summed E-state index contributed by atoms with van der Waals surface area (Å²) in [7, 11) is -3.29. The Morgan fingerprint density at radius 3 is 2.33 bits per heavy atom. The maximum atomic E-state index is 12.1. The normalized spacial score (nSPS) is 20.6. The molecule has 1 unspecified atom stereocenters. The van der Waals surface area contributed by atoms with Crippen LogP contribution in [0.1, 0.15) is 45.4 Å². The number of nitrogens with one attached hydrogen (secondary N) is 1. The summed E-state index contributed by atoms with van der Waals surface area (Å²) in [5.74, 6) is 0.344. The Kier molecular flexibility index (Phi) is 7.14. The van der Waals surface area contributed by atoms with E-state index < -0.39 is 10.2 Å². The predicted molar refractivity (Wildman–Crippen MR) is 74.4 cm³/mol. The van der Waals surface area contributed by atoms with E-state index in [1.807, 2.05) is 0 Å². The highest BCUT2D eigenvalue weighted by molar-refractivity contribution is 7.87. The molecule has 108 valence electrons. The van der Waals surface area contributed by atoms with Crippen LogP contribution in [0.4, 0.5) is 0 Å². The molecular formula is C12H27N3O2S. The molecule has 1 saturated heterocycles. The molecule has 1 aliphatic rings. The van der Waals surface area contributed by atoms with Gasteiger partial charge in [-0.25, -0.2) is 4.72 Å². The van der Waals surface area contributed by atoms with Crippen molar-refractivity contribution in [3.63, 3.8) is 0 Å². The minimum atomic E-state index is -3.29. The van der Waals surface area contributed by atoms with Crippen molar-refractivity contribution in [2.75, 3.05) is 26.2 Å². The maximum Gasteiger partial charge on any atom is 0.279 e. The van der Waals surface area contributed by atoms with Gasteiger partial charge in [0.1, 0.15) is 0 Å². The van der Waals surface area contributed by atoms with Gasteiger partial charge in [-0.2, -0.15) is 12.7 Å². The van der Waals surface area contributed by atoms with Crippen LogP contribution >= 0.6 is 0 Å². The second kappa shape index (κ2) is 8.09. The fraction of sp³-hybridized carbons (Fsp3) is 1.00. The van der Waals surface area contributed by atoms with E-state index in [9.17, 15) is 8.42 Å². The summed E-state index contributed by atoms with van der Waals surface area (Å²) >= 11 is 0. The highest BCUT2D eigenvalue weighted by Gasteiger charge is 2.23. The van der Waals surface area contributed by atoms with E-state index in [4.69, 9.17) is 5.73 Å². The Bertz CT molecular complexity index is 311. The predicted octanol–water partition coefficient (Wildman–Crippen LogP) is 1.07. The van der Waals surface area contributed by atoms with Crippen molar-refractivity contribution >= 4 is 10.2 Å². The molecule has 0 spiro atoms. The van der Waals surface area contributed by atoms with Gasteiger partial charge in [0.05, 0.1) is 0 Å². The molecule has 0 bridgehead atoms. The Morgan fingerprint density at radius 2 is 1.83 bits per heavy atom. The Hall–Kier alpha value is -0.170. The lowest BCUT2D eigenvalue weighted by molar-refractivity contribution is 0.402. The third-order valence-corrected chi connectivity index (χ3v) is 5.19. The molecule has 6 heteroatoms. The molecule has 5 nitrogen and oxygen atoms in total. The summed E-state index contributed by atoms with van der Waals surface area (Å²) in [6.45, 7) is 4.50. The van der Waals surface area contributed by atoms with Crippen LogP contribution in [0.15, 0.2) is 0 Å². The van der Waals surface area contributed by atoms with E-state index in [0.29, 0.717) is 32.1 Å². The van der Waals surface area contributed by atoms with Crippen LogP contribution in [0.3, 0.4) is 0 Å². The van der Waals surface area contributed by atoms with Crippen LogP contribution < -0.4 is 10.5 Å². The van der Waals surface area contributed by atoms with Gasteiger partial charge in [-0.1, -0.05) is 26.2 Å². The molecule has 1 atom stereocenters. The van der Waals surface area contributed by atoms with Crippen molar-refractivity contribution in [2.45, 2.75) is 45.4 Å². The Balaban J connectivity index is 2.47. The molecular weight excluding hydrogens is 250 g/mol. The molecule has 0 amide bonds. The summed E-state index contributed by atoms with van der Waals surface area (Å²) < 4.78 is 28.6. The van der Waals surface area contributed by atoms with E-state index in [2.05, 4.69) is 11.6 Å². The molecule has 1 fully saturated rings. The molecule has 0 aromatic rings. The van der Waals surface area contributed by atoms with Crippen LogP contribution in [0.5, 0.6) is 0 Å². The van der Waals surface area contributed by atoms with E-state index >= 15 is 0 Å². The van der Waals surface area contributed by atoms with E-state index in [1.54, 1.807) is 4.31 Å². The maximum absolute atomic E-state index is 12.1. The highest BCUT2D eigenvalue weighted by atomic mass is 32.2. The summed E-state index contributed by atoms with van der Waals surface area (Å²) in [6.07, 6.45) is 6.05. The number of nitrogens with zero attached hydrogens (tertiary/aromatic N) is 1. The molecule has 0 aliphatic carbocycles. The molecule has 0 aromatic heterocycles. The first-order valence-corrected chi connectivity index (χ1v) is 8.49. The Labute approximate surface area is 111 Å². The smallest absolute Gasteiger partial charge is 0.279 e. The average Bonchev–Trinajstić information content (AvgIpc) is 2.63. The number of nitrogens with two attached hydrogens (primary N) is 1. The van der Waals surface area contributed by atoms with Gasteiger partial charge in [0, 0.05) is 19.6 Å². The van der Waals surface area contributed by atoms with E-state index in [1.165, 1.54) is 0 Å². The third-order valence-electron chi connectivity index (χ3n) is 3.61. The first-order chi connectivity index (χ1) is 8.60. The monoisotopic (exact) mass is 277 g/mol. The van der Waals surface area contributed by atoms with Gasteiger partial charge in [0.2, 0.25) is 0 Å². The van der Waals surface area contributed by atoms with E-state index in [-0.39, 0.29) is 0 Å². The standard InChI is InChI=1S/C12H27N3O2S/c1-2-12(7-8-13)11-14-18(16,17)15-9-5-3-4-6-10-15/h12,14H,2-11,13H2,1H3. The largest absolute Gasteiger partial charge is 0.330 e. The number of rotatable bonds is 7. The summed E-state index contributed by atoms with van der Waals surface area (Å²) in [5.41, 5.74) is 5.52. The van der Waals surface area contributed by atoms with Gasteiger partial charge in [-0.15, -0.1) is 0 Å². The van der Waals surface area contributed by atoms with Gasteiger partial charge < -0.3 is 5.73 Å². The lowest BCUT2D eigenvalue weighted by atomic mass is 10.0. The molecule has 3 N–H and O–H groups in total. The van der Waals surface area contributed by atoms with Crippen LogP contribution in [-0.2, 0) is 10.2 Å². The van der Waals surface area contributed by atoms with Crippen LogP contribution in [0, 0.1) is 5.92 Å². The minimum absolute atomic E-state index is 0.344. The molecule has 0 saturated carbocycles. The zero-order valence-electron chi connectivity index (χ0n) is 11.4. The van der Waals surface area contributed by atoms with Gasteiger partial charge in [-0.05, 0) is 31.7 Å². The fourth-order valence-electron chi connectivity index (χ4n) is 2.28. The second-order valence-electron chi connectivity index (χ2n) is 5.02. The summed E-state index contributed by atoms with van der Waals surface area (Å²) in [4.78, 5) is 0. The van der Waals surface area contributed by atoms with Crippen molar-refractivity contribution in [2.24, 2.45) is 11.7 Å². The first kappa shape index (κ1) is 15.9. The summed E-state index contributed by atoms with van der Waals surface area (Å²) in [6, 6.07) is 0. The second-order valence-corrected chi connectivity index (χ2v) is 6.77. The molecule has 1 rings (SSSR count). The average molecular weight is 277 g/mol. The lowest BCUT2D eigenvalue weighted by Crippen LogP contribution is -2.43. The van der Waals surface area contributed by atoms with Crippen molar-refractivity contribution in [1.29, 1.82) is 0 Å². The van der Waals surface area contributed by atoms with Crippen LogP contribution in [0.25, 0.3) is 0 Å². The fourth-order valence-corrected chi connectivity index (χ4v) is 3.65. The van der Waals surface area contributed by atoms with Gasteiger partial charge in [0.25, 0.3) is 10.2 Å². The zero-order valence-corrected chi connectivity index (χ0v) is 12.2. The number of hydrogen-bond donors (Lipinski definition) is 2. The summed E-state index contributed by atoms with van der Waals surface area (Å²) in [5, 5.41) is 0. The van der Waals surface area contributed by atoms with Crippen molar-refractivity contribution < 1.29 is 8.42 Å². The van der Waals surface area contributed by atoms with Crippen molar-refractivity contribution in [3.8, 4) is 0 Å². The molecule has 1 aliphatic heterocycles. The topological polar surface area (TPSA) is 75.4 Å². The Morgan fingerprint density at radius 1 is 1.22 bits per heavy atom. The highest BCUT2D eigenvalue weighted by Crippen LogP contribution is 2.13. The number of hydrogen-bond acceptors (Lipinski definition) is 3. The van der Waals surface area contributed by atoms with Crippen molar-refractivity contribution in [3.05, 3.63) is 0 Å². The first-order valence-electron chi connectivity index (χ1n) is 7.05. The van der Waals surface area contributed by atoms with Crippen LogP contribution in [0.2, 0.25) is 0 Å². The quantitative estimate of drug-likeness (QED) is 0.731. The van der Waals surface area contributed by atoms with Gasteiger partial charge in [-0.3, -0.25) is 0 Å². The van der Waals surface area contributed by atoms with Crippen molar-refractivity contribution in [1.82, 2.24) is 9.03 Å². The van der Waals surface area contributed by atoms with Gasteiger partial charge >= 0.3 is 0 Å². The molecule has 0 radical (unpaired) electrons. The van der Waals surface area contributed by atoms with E-state index in [0.717, 1.165) is 38.5 Å².